The van der Waals surface area contributed by atoms with Crippen LogP contribution in [0.5, 0.6) is 0 Å². The molecule has 1 rings (SSSR count). The van der Waals surface area contributed by atoms with Crippen molar-refractivity contribution < 1.29 is 8.42 Å². The second-order valence-corrected chi connectivity index (χ2v) is 6.33. The Balaban J connectivity index is 2.82. The quantitative estimate of drug-likeness (QED) is 0.769. The van der Waals surface area contributed by atoms with Crippen molar-refractivity contribution in [3.63, 3.8) is 0 Å². The van der Waals surface area contributed by atoms with Gasteiger partial charge in [0.05, 0.1) is 11.3 Å². The summed E-state index contributed by atoms with van der Waals surface area (Å²) in [7, 11) is -3.32. The van der Waals surface area contributed by atoms with Gasteiger partial charge in [-0.05, 0) is 26.7 Å². The third kappa shape index (κ3) is 2.25. The van der Waals surface area contributed by atoms with Gasteiger partial charge in [0.25, 0.3) is 0 Å². The zero-order valence-corrected chi connectivity index (χ0v) is 9.39. The highest BCUT2D eigenvalue weighted by atomic mass is 32.2. The molecule has 1 saturated carbocycles. The van der Waals surface area contributed by atoms with E-state index in [9.17, 15) is 8.42 Å². The van der Waals surface area contributed by atoms with Gasteiger partial charge in [-0.1, -0.05) is 12.8 Å². The van der Waals surface area contributed by atoms with E-state index in [4.69, 9.17) is 5.26 Å². The average molecular weight is 216 g/mol. The van der Waals surface area contributed by atoms with Gasteiger partial charge in [0, 0.05) is 0 Å². The van der Waals surface area contributed by atoms with Crippen LogP contribution in [0, 0.1) is 11.3 Å². The van der Waals surface area contributed by atoms with Crippen LogP contribution in [0.15, 0.2) is 0 Å². The topological polar surface area (TPSA) is 70.0 Å². The van der Waals surface area contributed by atoms with E-state index >= 15 is 0 Å². The minimum atomic E-state index is -3.32. The predicted octanol–water partition coefficient (Wildman–Crippen LogP) is 1.15. The highest BCUT2D eigenvalue weighted by Gasteiger charge is 2.38. The molecule has 1 aliphatic carbocycles. The minimum absolute atomic E-state index is 0.478. The van der Waals surface area contributed by atoms with E-state index in [0.29, 0.717) is 12.8 Å². The van der Waals surface area contributed by atoms with Crippen LogP contribution in [0.2, 0.25) is 0 Å². The van der Waals surface area contributed by atoms with E-state index in [2.05, 4.69) is 10.8 Å². The summed E-state index contributed by atoms with van der Waals surface area (Å²) in [6, 6.07) is 2.10. The van der Waals surface area contributed by atoms with Crippen LogP contribution in [0.1, 0.15) is 39.5 Å². The third-order valence-electron chi connectivity index (χ3n) is 2.63. The van der Waals surface area contributed by atoms with Crippen LogP contribution < -0.4 is 4.72 Å². The van der Waals surface area contributed by atoms with E-state index in [1.807, 2.05) is 0 Å². The Morgan fingerprint density at radius 1 is 1.36 bits per heavy atom. The van der Waals surface area contributed by atoms with Crippen molar-refractivity contribution in [3.8, 4) is 6.07 Å². The second-order valence-electron chi connectivity index (χ2n) is 4.10. The first-order valence-corrected chi connectivity index (χ1v) is 6.40. The van der Waals surface area contributed by atoms with Crippen molar-refractivity contribution in [1.29, 1.82) is 5.26 Å². The van der Waals surface area contributed by atoms with Gasteiger partial charge in [-0.15, -0.1) is 0 Å². The Morgan fingerprint density at radius 2 is 1.86 bits per heavy atom. The van der Waals surface area contributed by atoms with Crippen LogP contribution >= 0.6 is 0 Å². The van der Waals surface area contributed by atoms with Crippen molar-refractivity contribution >= 4 is 10.0 Å². The van der Waals surface area contributed by atoms with E-state index < -0.39 is 20.8 Å². The fraction of sp³-hybridized carbons (Fsp3) is 0.889. The molecule has 0 heterocycles. The van der Waals surface area contributed by atoms with Crippen molar-refractivity contribution in [1.82, 2.24) is 4.72 Å². The smallest absolute Gasteiger partial charge is 0.212 e. The van der Waals surface area contributed by atoms with Gasteiger partial charge < -0.3 is 0 Å². The number of nitriles is 1. The number of sulfonamides is 1. The zero-order chi connectivity index (χ0) is 10.8. The average Bonchev–Trinajstić information content (AvgIpc) is 2.53. The zero-order valence-electron chi connectivity index (χ0n) is 8.58. The van der Waals surface area contributed by atoms with Gasteiger partial charge in [-0.25, -0.2) is 8.42 Å². The molecule has 0 aromatic carbocycles. The summed E-state index contributed by atoms with van der Waals surface area (Å²) in [5.41, 5.74) is -0.830. The summed E-state index contributed by atoms with van der Waals surface area (Å²) < 4.78 is 25.7. The lowest BCUT2D eigenvalue weighted by Gasteiger charge is -2.23. The van der Waals surface area contributed by atoms with Gasteiger partial charge in [-0.3, -0.25) is 0 Å². The number of hydrogen-bond donors (Lipinski definition) is 1. The Labute approximate surface area is 85.4 Å². The van der Waals surface area contributed by atoms with Crippen LogP contribution in [0.4, 0.5) is 0 Å². The monoisotopic (exact) mass is 216 g/mol. The summed E-state index contributed by atoms with van der Waals surface area (Å²) >= 11 is 0. The lowest BCUT2D eigenvalue weighted by Crippen LogP contribution is -2.47. The van der Waals surface area contributed by atoms with E-state index in [1.54, 1.807) is 13.8 Å². The van der Waals surface area contributed by atoms with Crippen LogP contribution in [-0.2, 0) is 10.0 Å². The van der Waals surface area contributed by atoms with E-state index in [-0.39, 0.29) is 0 Å². The normalized spacial score (nSPS) is 21.0. The molecule has 1 N–H and O–H groups in total. The molecular weight excluding hydrogens is 200 g/mol. The van der Waals surface area contributed by atoms with E-state index in [1.165, 1.54) is 0 Å². The lowest BCUT2D eigenvalue weighted by molar-refractivity contribution is 0.481. The Hall–Kier alpha value is -0.600. The highest BCUT2D eigenvalue weighted by molar-refractivity contribution is 7.90. The third-order valence-corrected chi connectivity index (χ3v) is 4.55. The van der Waals surface area contributed by atoms with Crippen molar-refractivity contribution in [3.05, 3.63) is 0 Å². The highest BCUT2D eigenvalue weighted by Crippen LogP contribution is 2.29. The van der Waals surface area contributed by atoms with Crippen molar-refractivity contribution in [2.75, 3.05) is 0 Å². The fourth-order valence-corrected chi connectivity index (χ4v) is 2.64. The number of hydrogen-bond acceptors (Lipinski definition) is 3. The fourth-order valence-electron chi connectivity index (χ4n) is 1.61. The van der Waals surface area contributed by atoms with Gasteiger partial charge in [-0.2, -0.15) is 9.98 Å². The summed E-state index contributed by atoms with van der Waals surface area (Å²) in [6.45, 7) is 3.23. The first-order chi connectivity index (χ1) is 6.42. The maximum absolute atomic E-state index is 11.6. The predicted molar refractivity (Wildman–Crippen MR) is 54.0 cm³/mol. The summed E-state index contributed by atoms with van der Waals surface area (Å²) in [5, 5.41) is 8.51. The van der Waals surface area contributed by atoms with Gasteiger partial charge in [0.1, 0.15) is 5.54 Å². The molecule has 5 heteroatoms. The lowest BCUT2D eigenvalue weighted by atomic mass is 10.0. The summed E-state index contributed by atoms with van der Waals surface area (Å²) in [6.07, 6.45) is 3.12. The largest absolute Gasteiger partial charge is 0.215 e. The number of nitrogens with one attached hydrogen (secondary N) is 1. The molecule has 1 fully saturated rings. The van der Waals surface area contributed by atoms with Gasteiger partial charge in [0.2, 0.25) is 10.0 Å². The first-order valence-electron chi connectivity index (χ1n) is 4.86. The number of nitrogens with zero attached hydrogens (tertiary/aromatic N) is 1. The molecule has 0 spiro atoms. The molecule has 1 aliphatic rings. The standard InChI is InChI=1S/C9H16N2O2S/c1-8(2)14(12,13)11-9(7-10)5-3-4-6-9/h8,11H,3-6H2,1-2H3. The molecule has 0 bridgehead atoms. The molecule has 0 aromatic rings. The molecule has 0 amide bonds. The van der Waals surface area contributed by atoms with Crippen LogP contribution in [0.3, 0.4) is 0 Å². The van der Waals surface area contributed by atoms with Crippen molar-refractivity contribution in [2.45, 2.75) is 50.3 Å². The van der Waals surface area contributed by atoms with E-state index in [0.717, 1.165) is 12.8 Å². The molecular formula is C9H16N2O2S. The Kier molecular flexibility index (Phi) is 3.17. The molecule has 0 aliphatic heterocycles. The maximum atomic E-state index is 11.6. The maximum Gasteiger partial charge on any atom is 0.215 e. The number of rotatable bonds is 3. The molecule has 0 unspecified atom stereocenters. The Bertz CT molecular complexity index is 334. The van der Waals surface area contributed by atoms with Crippen LogP contribution in [0.25, 0.3) is 0 Å². The molecule has 0 saturated heterocycles. The van der Waals surface area contributed by atoms with Gasteiger partial charge >= 0.3 is 0 Å². The SMILES string of the molecule is CC(C)S(=O)(=O)NC1(C#N)CCCC1. The molecule has 4 nitrogen and oxygen atoms in total. The summed E-state index contributed by atoms with van der Waals surface area (Å²) in [4.78, 5) is 0. The second kappa shape index (κ2) is 3.87. The summed E-state index contributed by atoms with van der Waals surface area (Å²) in [5.74, 6) is 0. The minimum Gasteiger partial charge on any atom is -0.212 e. The Morgan fingerprint density at radius 3 is 2.21 bits per heavy atom. The first kappa shape index (κ1) is 11.5. The molecule has 0 atom stereocenters. The molecule has 0 aromatic heterocycles. The molecule has 0 radical (unpaired) electrons. The van der Waals surface area contributed by atoms with Crippen LogP contribution in [-0.4, -0.2) is 19.2 Å². The van der Waals surface area contributed by atoms with Gasteiger partial charge in [0.15, 0.2) is 0 Å². The molecule has 80 valence electrons. The molecule has 14 heavy (non-hydrogen) atoms. The van der Waals surface area contributed by atoms with Crippen molar-refractivity contribution in [2.24, 2.45) is 0 Å².